The van der Waals surface area contributed by atoms with Crippen LogP contribution in [0.4, 0.5) is 0 Å². The number of hydrogen-bond acceptors (Lipinski definition) is 3. The third kappa shape index (κ3) is 3.23. The Kier molecular flexibility index (Phi) is 4.18. The van der Waals surface area contributed by atoms with Crippen molar-refractivity contribution in [2.75, 3.05) is 0 Å². The first-order valence-corrected chi connectivity index (χ1v) is 7.59. The van der Waals surface area contributed by atoms with Crippen LogP contribution in [0.25, 0.3) is 0 Å². The van der Waals surface area contributed by atoms with Crippen LogP contribution in [0.1, 0.15) is 24.1 Å². The first-order valence-electron chi connectivity index (χ1n) is 6.10. The smallest absolute Gasteiger partial charge is 0.207 e. The van der Waals surface area contributed by atoms with Crippen molar-refractivity contribution in [3.8, 4) is 6.07 Å². The van der Waals surface area contributed by atoms with Crippen molar-refractivity contribution in [1.82, 2.24) is 4.72 Å². The van der Waals surface area contributed by atoms with Crippen molar-refractivity contribution >= 4 is 10.0 Å². The summed E-state index contributed by atoms with van der Waals surface area (Å²) in [6.07, 6.45) is 0. The fraction of sp³-hybridized carbons (Fsp3) is 0.133. The van der Waals surface area contributed by atoms with Crippen LogP contribution in [0.5, 0.6) is 0 Å². The van der Waals surface area contributed by atoms with Crippen LogP contribution in [-0.4, -0.2) is 8.42 Å². The summed E-state index contributed by atoms with van der Waals surface area (Å²) in [6.45, 7) is 1.79. The Morgan fingerprint density at radius 3 is 2.20 bits per heavy atom. The predicted molar refractivity (Wildman–Crippen MR) is 76.3 cm³/mol. The molecule has 2 aromatic rings. The van der Waals surface area contributed by atoms with Gasteiger partial charge in [-0.1, -0.05) is 30.3 Å². The number of sulfonamides is 1. The Morgan fingerprint density at radius 1 is 1.05 bits per heavy atom. The van der Waals surface area contributed by atoms with Gasteiger partial charge in [-0.25, -0.2) is 13.1 Å². The molecule has 0 unspecified atom stereocenters. The molecular weight excluding hydrogens is 272 g/mol. The molecule has 1 atom stereocenters. The Bertz CT molecular complexity index is 717. The van der Waals surface area contributed by atoms with E-state index in [2.05, 4.69) is 4.72 Å². The molecular formula is C15H14N2O2S. The highest BCUT2D eigenvalue weighted by molar-refractivity contribution is 7.89. The van der Waals surface area contributed by atoms with Gasteiger partial charge in [0, 0.05) is 6.04 Å². The minimum Gasteiger partial charge on any atom is -0.207 e. The van der Waals surface area contributed by atoms with E-state index in [1.807, 2.05) is 36.4 Å². The Labute approximate surface area is 118 Å². The number of nitrogens with zero attached hydrogens (tertiary/aromatic N) is 1. The van der Waals surface area contributed by atoms with Gasteiger partial charge in [-0.3, -0.25) is 0 Å². The molecule has 5 heteroatoms. The zero-order chi connectivity index (χ0) is 14.6. The fourth-order valence-electron chi connectivity index (χ4n) is 1.82. The molecule has 0 aliphatic rings. The van der Waals surface area contributed by atoms with Crippen molar-refractivity contribution in [2.24, 2.45) is 0 Å². The van der Waals surface area contributed by atoms with Crippen molar-refractivity contribution < 1.29 is 8.42 Å². The Balaban J connectivity index is 2.21. The molecule has 0 fully saturated rings. The quantitative estimate of drug-likeness (QED) is 0.939. The van der Waals surface area contributed by atoms with Crippen molar-refractivity contribution in [2.45, 2.75) is 17.9 Å². The standard InChI is InChI=1S/C15H14N2O2S/c1-12(14-5-3-2-4-6-14)17-20(18,19)15-9-7-13(11-16)8-10-15/h2-10,12,17H,1H3/t12-/m1/s1. The second kappa shape index (κ2) is 5.87. The molecule has 0 spiro atoms. The molecule has 20 heavy (non-hydrogen) atoms. The maximum Gasteiger partial charge on any atom is 0.241 e. The molecule has 0 aliphatic heterocycles. The van der Waals surface area contributed by atoms with Gasteiger partial charge in [0.15, 0.2) is 0 Å². The molecule has 0 saturated carbocycles. The second-order valence-corrected chi connectivity index (χ2v) is 6.10. The number of nitriles is 1. The van der Waals surface area contributed by atoms with Crippen molar-refractivity contribution in [3.63, 3.8) is 0 Å². The van der Waals surface area contributed by atoms with E-state index in [4.69, 9.17) is 5.26 Å². The van der Waals surface area contributed by atoms with Crippen LogP contribution >= 0.6 is 0 Å². The number of nitrogens with one attached hydrogen (secondary N) is 1. The molecule has 0 aromatic heterocycles. The highest BCUT2D eigenvalue weighted by atomic mass is 32.2. The predicted octanol–water partition coefficient (Wildman–Crippen LogP) is 2.60. The average molecular weight is 286 g/mol. The largest absolute Gasteiger partial charge is 0.241 e. The normalized spacial score (nSPS) is 12.6. The van der Waals surface area contributed by atoms with Gasteiger partial charge in [-0.05, 0) is 36.8 Å². The third-order valence-electron chi connectivity index (χ3n) is 2.93. The second-order valence-electron chi connectivity index (χ2n) is 4.39. The van der Waals surface area contributed by atoms with E-state index in [1.165, 1.54) is 24.3 Å². The summed E-state index contributed by atoms with van der Waals surface area (Å²) in [6, 6.07) is 16.8. The molecule has 0 radical (unpaired) electrons. The van der Waals surface area contributed by atoms with Crippen LogP contribution in [0.15, 0.2) is 59.5 Å². The molecule has 2 aromatic carbocycles. The first-order chi connectivity index (χ1) is 9.53. The first kappa shape index (κ1) is 14.3. The lowest BCUT2D eigenvalue weighted by Crippen LogP contribution is -2.26. The average Bonchev–Trinajstić information content (AvgIpc) is 2.48. The molecule has 0 aliphatic carbocycles. The lowest BCUT2D eigenvalue weighted by atomic mass is 10.1. The lowest BCUT2D eigenvalue weighted by molar-refractivity contribution is 0.567. The minimum atomic E-state index is -3.59. The van der Waals surface area contributed by atoms with E-state index in [1.54, 1.807) is 6.92 Å². The number of hydrogen-bond donors (Lipinski definition) is 1. The van der Waals surface area contributed by atoms with E-state index in [9.17, 15) is 8.42 Å². The maximum absolute atomic E-state index is 12.2. The van der Waals surface area contributed by atoms with E-state index in [0.717, 1.165) is 5.56 Å². The SMILES string of the molecule is C[C@@H](NS(=O)(=O)c1ccc(C#N)cc1)c1ccccc1. The summed E-state index contributed by atoms with van der Waals surface area (Å²) in [5.74, 6) is 0. The maximum atomic E-state index is 12.2. The van der Waals surface area contributed by atoms with E-state index >= 15 is 0 Å². The topological polar surface area (TPSA) is 70.0 Å². The van der Waals surface area contributed by atoms with Gasteiger partial charge in [0.2, 0.25) is 10.0 Å². The Morgan fingerprint density at radius 2 is 1.65 bits per heavy atom. The van der Waals surface area contributed by atoms with Crippen LogP contribution in [0, 0.1) is 11.3 Å². The Hall–Kier alpha value is -2.16. The van der Waals surface area contributed by atoms with Gasteiger partial charge in [0.1, 0.15) is 0 Å². The van der Waals surface area contributed by atoms with E-state index in [0.29, 0.717) is 5.56 Å². The summed E-state index contributed by atoms with van der Waals surface area (Å²) in [5.41, 5.74) is 1.32. The van der Waals surface area contributed by atoms with Crippen LogP contribution in [0.2, 0.25) is 0 Å². The van der Waals surface area contributed by atoms with Crippen LogP contribution in [0.3, 0.4) is 0 Å². The molecule has 4 nitrogen and oxygen atoms in total. The molecule has 0 heterocycles. The fourth-order valence-corrected chi connectivity index (χ4v) is 3.05. The van der Waals surface area contributed by atoms with Gasteiger partial charge >= 0.3 is 0 Å². The molecule has 1 N–H and O–H groups in total. The summed E-state index contributed by atoms with van der Waals surface area (Å²) in [4.78, 5) is 0.152. The van der Waals surface area contributed by atoms with Crippen LogP contribution < -0.4 is 4.72 Å². The molecule has 0 bridgehead atoms. The zero-order valence-corrected chi connectivity index (χ0v) is 11.8. The summed E-state index contributed by atoms with van der Waals surface area (Å²) in [7, 11) is -3.59. The monoisotopic (exact) mass is 286 g/mol. The molecule has 102 valence electrons. The van der Waals surface area contributed by atoms with Gasteiger partial charge in [0.25, 0.3) is 0 Å². The number of benzene rings is 2. The van der Waals surface area contributed by atoms with Gasteiger partial charge < -0.3 is 0 Å². The molecule has 2 rings (SSSR count). The summed E-state index contributed by atoms with van der Waals surface area (Å²) < 4.78 is 27.1. The van der Waals surface area contributed by atoms with E-state index in [-0.39, 0.29) is 10.9 Å². The lowest BCUT2D eigenvalue weighted by Gasteiger charge is -2.14. The van der Waals surface area contributed by atoms with E-state index < -0.39 is 10.0 Å². The minimum absolute atomic E-state index is 0.152. The molecule has 0 saturated heterocycles. The van der Waals surface area contributed by atoms with Crippen molar-refractivity contribution in [1.29, 1.82) is 5.26 Å². The summed E-state index contributed by atoms with van der Waals surface area (Å²) in [5, 5.41) is 8.71. The van der Waals surface area contributed by atoms with Gasteiger partial charge in [-0.15, -0.1) is 0 Å². The number of rotatable bonds is 4. The highest BCUT2D eigenvalue weighted by Crippen LogP contribution is 2.17. The zero-order valence-electron chi connectivity index (χ0n) is 10.9. The third-order valence-corrected chi connectivity index (χ3v) is 4.48. The molecule has 0 amide bonds. The summed E-state index contributed by atoms with van der Waals surface area (Å²) >= 11 is 0. The van der Waals surface area contributed by atoms with Crippen LogP contribution in [-0.2, 0) is 10.0 Å². The highest BCUT2D eigenvalue weighted by Gasteiger charge is 2.18. The van der Waals surface area contributed by atoms with Gasteiger partial charge in [-0.2, -0.15) is 5.26 Å². The van der Waals surface area contributed by atoms with Crippen molar-refractivity contribution in [3.05, 3.63) is 65.7 Å². The van der Waals surface area contributed by atoms with Gasteiger partial charge in [0.05, 0.1) is 16.5 Å².